The Bertz CT molecular complexity index is 1180. The van der Waals surface area contributed by atoms with Crippen molar-refractivity contribution in [3.05, 3.63) is 76.6 Å². The first-order valence-corrected chi connectivity index (χ1v) is 12.1. The van der Waals surface area contributed by atoms with Crippen LogP contribution in [-0.2, 0) is 11.3 Å². The topological polar surface area (TPSA) is 36.9 Å². The molecular formula is C29H31FO4. The molecule has 0 aromatic heterocycles. The van der Waals surface area contributed by atoms with E-state index in [4.69, 9.17) is 18.9 Å². The lowest BCUT2D eigenvalue weighted by atomic mass is 9.94. The third-order valence-electron chi connectivity index (χ3n) is 6.82. The molecule has 2 atom stereocenters. The summed E-state index contributed by atoms with van der Waals surface area (Å²) in [4.78, 5) is 0. The van der Waals surface area contributed by atoms with Crippen LogP contribution in [0.15, 0.2) is 48.5 Å². The van der Waals surface area contributed by atoms with Crippen molar-refractivity contribution >= 4 is 0 Å². The van der Waals surface area contributed by atoms with Gasteiger partial charge in [-0.1, -0.05) is 31.2 Å². The number of ether oxygens (including phenoxy) is 4. The van der Waals surface area contributed by atoms with E-state index in [0.29, 0.717) is 37.1 Å². The first kappa shape index (κ1) is 22.7. The first-order valence-electron chi connectivity index (χ1n) is 12.1. The van der Waals surface area contributed by atoms with E-state index in [1.165, 1.54) is 5.56 Å². The van der Waals surface area contributed by atoms with Crippen LogP contribution in [0.5, 0.6) is 17.2 Å². The van der Waals surface area contributed by atoms with Gasteiger partial charge in [0, 0.05) is 24.0 Å². The molecular weight excluding hydrogens is 431 g/mol. The van der Waals surface area contributed by atoms with E-state index >= 15 is 4.39 Å². The third kappa shape index (κ3) is 4.49. The Morgan fingerprint density at radius 3 is 2.74 bits per heavy atom. The van der Waals surface area contributed by atoms with Crippen LogP contribution in [0.4, 0.5) is 4.39 Å². The van der Waals surface area contributed by atoms with Crippen molar-refractivity contribution in [2.75, 3.05) is 19.8 Å². The second-order valence-corrected chi connectivity index (χ2v) is 9.21. The fourth-order valence-corrected chi connectivity index (χ4v) is 4.91. The lowest BCUT2D eigenvalue weighted by Crippen LogP contribution is -2.17. The molecule has 5 rings (SSSR count). The number of hydrogen-bond acceptors (Lipinski definition) is 4. The Kier molecular flexibility index (Phi) is 6.46. The van der Waals surface area contributed by atoms with E-state index in [0.717, 1.165) is 53.2 Å². The summed E-state index contributed by atoms with van der Waals surface area (Å²) < 4.78 is 38.3. The lowest BCUT2D eigenvalue weighted by molar-refractivity contribution is 0.138. The highest BCUT2D eigenvalue weighted by Crippen LogP contribution is 2.39. The van der Waals surface area contributed by atoms with E-state index < -0.39 is 0 Å². The molecule has 3 aromatic carbocycles. The van der Waals surface area contributed by atoms with Crippen molar-refractivity contribution in [1.82, 2.24) is 0 Å². The SMILES string of the molecule is CCC1COc2cc(OCc3cccc(-c4c(C)cc(O[C@H]5CCOC5)c(F)c4C)c3)ccc21. The van der Waals surface area contributed by atoms with E-state index in [1.807, 2.05) is 44.2 Å². The number of aryl methyl sites for hydroxylation is 1. The number of rotatable bonds is 7. The van der Waals surface area contributed by atoms with Crippen molar-refractivity contribution in [2.24, 2.45) is 0 Å². The van der Waals surface area contributed by atoms with Crippen molar-refractivity contribution < 1.29 is 23.3 Å². The second kappa shape index (κ2) is 9.67. The highest BCUT2D eigenvalue weighted by atomic mass is 19.1. The summed E-state index contributed by atoms with van der Waals surface area (Å²) in [6.45, 7) is 8.33. The van der Waals surface area contributed by atoms with Gasteiger partial charge >= 0.3 is 0 Å². The maximum Gasteiger partial charge on any atom is 0.168 e. The van der Waals surface area contributed by atoms with Gasteiger partial charge in [-0.25, -0.2) is 4.39 Å². The smallest absolute Gasteiger partial charge is 0.168 e. The fraction of sp³-hybridized carbons (Fsp3) is 0.379. The average Bonchev–Trinajstić information content (AvgIpc) is 3.50. The van der Waals surface area contributed by atoms with Crippen LogP contribution >= 0.6 is 0 Å². The largest absolute Gasteiger partial charge is 0.493 e. The number of hydrogen-bond donors (Lipinski definition) is 0. The number of benzene rings is 3. The quantitative estimate of drug-likeness (QED) is 0.390. The maximum absolute atomic E-state index is 15.2. The summed E-state index contributed by atoms with van der Waals surface area (Å²) in [7, 11) is 0. The molecule has 0 spiro atoms. The zero-order valence-corrected chi connectivity index (χ0v) is 20.0. The van der Waals surface area contributed by atoms with Crippen LogP contribution in [0.25, 0.3) is 11.1 Å². The highest BCUT2D eigenvalue weighted by Gasteiger charge is 2.23. The van der Waals surface area contributed by atoms with Crippen molar-refractivity contribution in [3.63, 3.8) is 0 Å². The van der Waals surface area contributed by atoms with Gasteiger partial charge in [0.2, 0.25) is 0 Å². The minimum atomic E-state index is -0.308. The molecule has 178 valence electrons. The van der Waals surface area contributed by atoms with Gasteiger partial charge < -0.3 is 18.9 Å². The summed E-state index contributed by atoms with van der Waals surface area (Å²) in [5, 5.41) is 0. The molecule has 1 unspecified atom stereocenters. The number of fused-ring (bicyclic) bond motifs is 1. The van der Waals surface area contributed by atoms with Gasteiger partial charge in [0.1, 0.15) is 24.2 Å². The Morgan fingerprint density at radius 2 is 1.94 bits per heavy atom. The average molecular weight is 463 g/mol. The molecule has 5 heteroatoms. The van der Waals surface area contributed by atoms with Crippen molar-refractivity contribution in [3.8, 4) is 28.4 Å². The fourth-order valence-electron chi connectivity index (χ4n) is 4.91. The molecule has 0 amide bonds. The number of halogens is 1. The van der Waals surface area contributed by atoms with Gasteiger partial charge in [-0.05, 0) is 66.3 Å². The van der Waals surface area contributed by atoms with Gasteiger partial charge in [-0.3, -0.25) is 0 Å². The highest BCUT2D eigenvalue weighted by molar-refractivity contribution is 5.72. The molecule has 1 saturated heterocycles. The minimum absolute atomic E-state index is 0.0860. The molecule has 3 aromatic rings. The van der Waals surface area contributed by atoms with Gasteiger partial charge in [0.15, 0.2) is 11.6 Å². The maximum atomic E-state index is 15.2. The molecule has 0 N–H and O–H groups in total. The molecule has 1 fully saturated rings. The zero-order valence-electron chi connectivity index (χ0n) is 20.0. The van der Waals surface area contributed by atoms with E-state index in [9.17, 15) is 0 Å². The summed E-state index contributed by atoms with van der Waals surface area (Å²) in [6.07, 6.45) is 1.77. The van der Waals surface area contributed by atoms with Crippen molar-refractivity contribution in [2.45, 2.75) is 52.2 Å². The van der Waals surface area contributed by atoms with Crippen molar-refractivity contribution in [1.29, 1.82) is 0 Å². The normalized spacial score (nSPS) is 19.1. The van der Waals surface area contributed by atoms with Gasteiger partial charge in [0.05, 0.1) is 19.8 Å². The molecule has 2 aliphatic rings. The Morgan fingerprint density at radius 1 is 1.06 bits per heavy atom. The first-order chi connectivity index (χ1) is 16.5. The van der Waals surface area contributed by atoms with Gasteiger partial charge in [0.25, 0.3) is 0 Å². The molecule has 0 bridgehead atoms. The second-order valence-electron chi connectivity index (χ2n) is 9.21. The monoisotopic (exact) mass is 462 g/mol. The Hall–Kier alpha value is -3.05. The molecule has 2 heterocycles. The standard InChI is InChI=1S/C29H31FO4/c1-4-21-16-33-26-14-23(8-9-25(21)26)32-15-20-6-5-7-22(13-20)28-18(2)12-27(29(30)19(28)3)34-24-10-11-31-17-24/h5-9,12-14,21,24H,4,10-11,15-17H2,1-3H3/t21?,24-/m0/s1. The summed E-state index contributed by atoms with van der Waals surface area (Å²) in [5.74, 6) is 2.18. The third-order valence-corrected chi connectivity index (χ3v) is 6.82. The van der Waals surface area contributed by atoms with Crippen LogP contribution in [0.1, 0.15) is 47.9 Å². The molecule has 4 nitrogen and oxygen atoms in total. The Balaban J connectivity index is 1.33. The molecule has 34 heavy (non-hydrogen) atoms. The van der Waals surface area contributed by atoms with E-state index in [2.05, 4.69) is 19.1 Å². The van der Waals surface area contributed by atoms with Gasteiger partial charge in [-0.2, -0.15) is 0 Å². The summed E-state index contributed by atoms with van der Waals surface area (Å²) in [6, 6.07) is 16.0. The van der Waals surface area contributed by atoms with Crippen LogP contribution < -0.4 is 14.2 Å². The molecule has 0 saturated carbocycles. The van der Waals surface area contributed by atoms with Crippen LogP contribution in [-0.4, -0.2) is 25.9 Å². The lowest BCUT2D eigenvalue weighted by Gasteiger charge is -2.18. The van der Waals surface area contributed by atoms with E-state index in [-0.39, 0.29) is 11.9 Å². The molecule has 0 radical (unpaired) electrons. The van der Waals surface area contributed by atoms with Gasteiger partial charge in [-0.15, -0.1) is 0 Å². The summed E-state index contributed by atoms with van der Waals surface area (Å²) >= 11 is 0. The summed E-state index contributed by atoms with van der Waals surface area (Å²) in [5.41, 5.74) is 5.71. The zero-order chi connectivity index (χ0) is 23.7. The molecule has 0 aliphatic carbocycles. The van der Waals surface area contributed by atoms with E-state index in [1.54, 1.807) is 6.07 Å². The van der Waals surface area contributed by atoms with Crippen LogP contribution in [0.3, 0.4) is 0 Å². The Labute approximate surface area is 200 Å². The predicted molar refractivity (Wildman–Crippen MR) is 130 cm³/mol. The van der Waals surface area contributed by atoms with Crippen LogP contribution in [0, 0.1) is 19.7 Å². The molecule has 2 aliphatic heterocycles. The minimum Gasteiger partial charge on any atom is -0.493 e. The van der Waals surface area contributed by atoms with Crippen LogP contribution in [0.2, 0.25) is 0 Å². The predicted octanol–water partition coefficient (Wildman–Crippen LogP) is 6.74.